The zero-order valence-electron chi connectivity index (χ0n) is 19.9. The summed E-state index contributed by atoms with van der Waals surface area (Å²) in [4.78, 5) is 22.0. The Labute approximate surface area is 206 Å². The smallest absolute Gasteiger partial charge is 0.250 e. The molecule has 36 heavy (non-hydrogen) atoms. The molecule has 0 spiro atoms. The maximum atomic E-state index is 15.2. The molecule has 0 radical (unpaired) electrons. The molecule has 0 bridgehead atoms. The monoisotopic (exact) mass is 489 g/mol. The lowest BCUT2D eigenvalue weighted by molar-refractivity contribution is 0.00141. The highest BCUT2D eigenvalue weighted by Crippen LogP contribution is 2.37. The molecule has 4 rings (SSSR count). The fraction of sp³-hybridized carbons (Fsp3) is 0.240. The van der Waals surface area contributed by atoms with Crippen LogP contribution in [0, 0.1) is 11.3 Å². The Balaban J connectivity index is 1.92. The molecule has 0 aliphatic carbocycles. The second kappa shape index (κ2) is 9.59. The normalized spacial score (nSPS) is 12.2. The van der Waals surface area contributed by atoms with Gasteiger partial charge < -0.3 is 20.5 Å². The topological polar surface area (TPSA) is 143 Å². The maximum absolute atomic E-state index is 15.2. The van der Waals surface area contributed by atoms with Crippen molar-refractivity contribution in [2.75, 3.05) is 18.6 Å². The third kappa shape index (κ3) is 4.80. The van der Waals surface area contributed by atoms with Gasteiger partial charge in [-0.1, -0.05) is 0 Å². The van der Waals surface area contributed by atoms with Gasteiger partial charge in [0.1, 0.15) is 29.5 Å². The number of carbonyl (C=O) groups excluding carboxylic acids is 1. The second-order valence-electron chi connectivity index (χ2n) is 8.66. The number of aliphatic hydroxyl groups is 1. The summed E-state index contributed by atoms with van der Waals surface area (Å²) >= 11 is 0. The molecule has 0 aromatic carbocycles. The number of amides is 1. The van der Waals surface area contributed by atoms with E-state index >= 15 is 4.39 Å². The number of fused-ring (bicyclic) bond motifs is 1. The molecule has 3 N–H and O–H groups in total. The number of ether oxygens (including phenoxy) is 1. The van der Waals surface area contributed by atoms with E-state index in [1.807, 2.05) is 0 Å². The van der Waals surface area contributed by atoms with Crippen LogP contribution in [-0.4, -0.2) is 56.0 Å². The standard InChI is InChI=1S/C25H24FN7O3/c1-25(2,35)21(26)14-32(22-7-4-16(12-29-22)24(28)34)20-9-18(36-3)13-30-23(20)19-6-5-17-8-15(10-27)11-31-33(17)19/h4-9,11-13,21,35H,14H2,1-3H3,(H2,28,34)/t21-/m1/s1. The van der Waals surface area contributed by atoms with E-state index in [-0.39, 0.29) is 12.1 Å². The summed E-state index contributed by atoms with van der Waals surface area (Å²) in [6.07, 6.45) is 2.57. The van der Waals surface area contributed by atoms with Crippen molar-refractivity contribution in [1.29, 1.82) is 5.26 Å². The number of nitriles is 1. The van der Waals surface area contributed by atoms with Gasteiger partial charge in [-0.2, -0.15) is 10.4 Å². The number of anilines is 2. The number of methoxy groups -OCH3 is 1. The van der Waals surface area contributed by atoms with Crippen LogP contribution >= 0.6 is 0 Å². The van der Waals surface area contributed by atoms with E-state index in [9.17, 15) is 15.2 Å². The van der Waals surface area contributed by atoms with Crippen LogP contribution in [0.2, 0.25) is 0 Å². The number of hydrogen-bond acceptors (Lipinski definition) is 8. The Morgan fingerprint density at radius 1 is 1.25 bits per heavy atom. The average Bonchev–Trinajstić information content (AvgIpc) is 3.29. The van der Waals surface area contributed by atoms with E-state index < -0.39 is 17.7 Å². The third-order valence-corrected chi connectivity index (χ3v) is 5.66. The van der Waals surface area contributed by atoms with Crippen molar-refractivity contribution in [1.82, 2.24) is 19.6 Å². The van der Waals surface area contributed by atoms with Crippen LogP contribution in [0.15, 0.2) is 55.0 Å². The Hall–Kier alpha value is -4.56. The van der Waals surface area contributed by atoms with Crippen LogP contribution < -0.4 is 15.4 Å². The SMILES string of the molecule is COc1cnc(-c2ccc3cc(C#N)cnn23)c(N(C[C@@H](F)C(C)(C)O)c2ccc(C(N)=O)cn2)c1. The van der Waals surface area contributed by atoms with Gasteiger partial charge in [-0.3, -0.25) is 4.79 Å². The molecule has 0 saturated heterocycles. The molecule has 1 amide bonds. The Kier molecular flexibility index (Phi) is 6.55. The summed E-state index contributed by atoms with van der Waals surface area (Å²) < 4.78 is 22.2. The first kappa shape index (κ1) is 24.6. The quantitative estimate of drug-likeness (QED) is 0.385. The van der Waals surface area contributed by atoms with Crippen molar-refractivity contribution in [2.45, 2.75) is 25.6 Å². The van der Waals surface area contributed by atoms with Gasteiger partial charge in [0.2, 0.25) is 5.91 Å². The Morgan fingerprint density at radius 3 is 2.64 bits per heavy atom. The minimum atomic E-state index is -1.69. The lowest BCUT2D eigenvalue weighted by atomic mass is 10.0. The number of primary amides is 1. The number of halogens is 1. The highest BCUT2D eigenvalue weighted by molar-refractivity contribution is 5.92. The van der Waals surface area contributed by atoms with Crippen LogP contribution in [-0.2, 0) is 0 Å². The van der Waals surface area contributed by atoms with Crippen molar-refractivity contribution < 1.29 is 19.0 Å². The number of hydrogen-bond donors (Lipinski definition) is 2. The van der Waals surface area contributed by atoms with E-state index in [1.165, 1.54) is 51.7 Å². The lowest BCUT2D eigenvalue weighted by Gasteiger charge is -2.31. The first-order valence-electron chi connectivity index (χ1n) is 10.9. The van der Waals surface area contributed by atoms with Gasteiger partial charge in [-0.25, -0.2) is 18.9 Å². The number of pyridine rings is 2. The molecular weight excluding hydrogens is 465 g/mol. The van der Waals surface area contributed by atoms with Gasteiger partial charge in [-0.05, 0) is 44.2 Å². The molecule has 0 unspecified atom stereocenters. The fourth-order valence-electron chi connectivity index (χ4n) is 3.58. The van der Waals surface area contributed by atoms with E-state index in [4.69, 9.17) is 10.5 Å². The molecule has 0 aliphatic heterocycles. The predicted molar refractivity (Wildman–Crippen MR) is 131 cm³/mol. The van der Waals surface area contributed by atoms with Crippen LogP contribution in [0.5, 0.6) is 5.75 Å². The molecule has 184 valence electrons. The van der Waals surface area contributed by atoms with Crippen molar-refractivity contribution in [3.63, 3.8) is 0 Å². The molecule has 0 fully saturated rings. The lowest BCUT2D eigenvalue weighted by Crippen LogP contribution is -2.41. The summed E-state index contributed by atoms with van der Waals surface area (Å²) in [6.45, 7) is 2.46. The highest BCUT2D eigenvalue weighted by atomic mass is 19.1. The molecule has 10 nitrogen and oxygen atoms in total. The summed E-state index contributed by atoms with van der Waals surface area (Å²) in [7, 11) is 1.48. The number of nitrogens with two attached hydrogens (primary N) is 1. The van der Waals surface area contributed by atoms with Crippen LogP contribution in [0.1, 0.15) is 29.8 Å². The summed E-state index contributed by atoms with van der Waals surface area (Å²) in [5.41, 5.74) is 6.39. The van der Waals surface area contributed by atoms with Gasteiger partial charge in [0, 0.05) is 12.3 Å². The number of rotatable bonds is 8. The molecule has 1 atom stereocenters. The summed E-state index contributed by atoms with van der Waals surface area (Å²) in [5, 5.41) is 23.9. The van der Waals surface area contributed by atoms with Crippen molar-refractivity contribution in [3.05, 3.63) is 66.1 Å². The molecule has 4 heterocycles. The molecule has 0 saturated carbocycles. The first-order chi connectivity index (χ1) is 17.1. The zero-order valence-corrected chi connectivity index (χ0v) is 19.9. The number of carbonyl (C=O) groups is 1. The minimum absolute atomic E-state index is 0.192. The molecule has 4 aromatic rings. The number of alkyl halides is 1. The van der Waals surface area contributed by atoms with Crippen molar-refractivity contribution >= 4 is 22.9 Å². The maximum Gasteiger partial charge on any atom is 0.250 e. The van der Waals surface area contributed by atoms with E-state index in [0.29, 0.717) is 39.7 Å². The van der Waals surface area contributed by atoms with Gasteiger partial charge in [0.25, 0.3) is 0 Å². The molecule has 0 aliphatic rings. The summed E-state index contributed by atoms with van der Waals surface area (Å²) in [6, 6.07) is 12.0. The predicted octanol–water partition coefficient (Wildman–Crippen LogP) is 3.02. The van der Waals surface area contributed by atoms with Crippen LogP contribution in [0.25, 0.3) is 16.9 Å². The molecule has 4 aromatic heterocycles. The first-order valence-corrected chi connectivity index (χ1v) is 10.9. The largest absolute Gasteiger partial charge is 0.495 e. The van der Waals surface area contributed by atoms with E-state index in [1.54, 1.807) is 33.7 Å². The fourth-order valence-corrected chi connectivity index (χ4v) is 3.58. The van der Waals surface area contributed by atoms with Crippen molar-refractivity contribution in [2.24, 2.45) is 5.73 Å². The van der Waals surface area contributed by atoms with Crippen LogP contribution in [0.3, 0.4) is 0 Å². The third-order valence-electron chi connectivity index (χ3n) is 5.66. The summed E-state index contributed by atoms with van der Waals surface area (Å²) in [5.74, 6) is 0.0576. The van der Waals surface area contributed by atoms with E-state index in [0.717, 1.165) is 0 Å². The zero-order chi connectivity index (χ0) is 26.0. The Bertz CT molecular complexity index is 1460. The Morgan fingerprint density at radius 2 is 2.03 bits per heavy atom. The van der Waals surface area contributed by atoms with Gasteiger partial charge in [0.05, 0.1) is 59.7 Å². The van der Waals surface area contributed by atoms with Gasteiger partial charge in [0.15, 0.2) is 0 Å². The van der Waals surface area contributed by atoms with Crippen LogP contribution in [0.4, 0.5) is 15.9 Å². The second-order valence-corrected chi connectivity index (χ2v) is 8.66. The van der Waals surface area contributed by atoms with Gasteiger partial charge in [-0.15, -0.1) is 0 Å². The number of nitrogens with zero attached hydrogens (tertiary/aromatic N) is 6. The minimum Gasteiger partial charge on any atom is -0.495 e. The number of aromatic nitrogens is 4. The van der Waals surface area contributed by atoms with Crippen molar-refractivity contribution in [3.8, 4) is 23.2 Å². The molecule has 11 heteroatoms. The highest BCUT2D eigenvalue weighted by Gasteiger charge is 2.31. The molecular formula is C25H24FN7O3. The van der Waals surface area contributed by atoms with E-state index in [2.05, 4.69) is 21.1 Å². The van der Waals surface area contributed by atoms with Gasteiger partial charge >= 0.3 is 0 Å². The average molecular weight is 490 g/mol.